The fourth-order valence-electron chi connectivity index (χ4n) is 2.77. The van der Waals surface area contributed by atoms with Gasteiger partial charge in [-0.15, -0.1) is 11.3 Å². The van der Waals surface area contributed by atoms with E-state index in [0.717, 1.165) is 22.5 Å². The first kappa shape index (κ1) is 12.8. The Balaban J connectivity index is 1.87. The molecule has 102 valence electrons. The van der Waals surface area contributed by atoms with Crippen molar-refractivity contribution in [2.75, 3.05) is 12.4 Å². The summed E-state index contributed by atoms with van der Waals surface area (Å²) in [5.41, 5.74) is 2.41. The molecule has 19 heavy (non-hydrogen) atoms. The summed E-state index contributed by atoms with van der Waals surface area (Å²) in [5.74, 6) is 0.954. The summed E-state index contributed by atoms with van der Waals surface area (Å²) in [6.45, 7) is 6.56. The molecule has 1 saturated carbocycles. The SMILES string of the molecule is COC1CC(Nc2ncnc3c(C)csc23)C1(C)C. The van der Waals surface area contributed by atoms with Crippen LogP contribution in [-0.4, -0.2) is 29.2 Å². The molecule has 1 aliphatic rings. The number of aryl methyl sites for hydroxylation is 1. The molecule has 2 atom stereocenters. The van der Waals surface area contributed by atoms with Gasteiger partial charge in [-0.1, -0.05) is 13.8 Å². The first-order chi connectivity index (χ1) is 9.04. The molecule has 1 fully saturated rings. The van der Waals surface area contributed by atoms with Gasteiger partial charge >= 0.3 is 0 Å². The fourth-order valence-corrected chi connectivity index (χ4v) is 3.72. The molecule has 1 N–H and O–H groups in total. The van der Waals surface area contributed by atoms with Crippen LogP contribution in [0.5, 0.6) is 0 Å². The Labute approximate surface area is 117 Å². The number of anilines is 1. The topological polar surface area (TPSA) is 47.0 Å². The Morgan fingerprint density at radius 1 is 1.42 bits per heavy atom. The molecule has 0 amide bonds. The third-order valence-corrected chi connectivity index (χ3v) is 5.40. The maximum Gasteiger partial charge on any atom is 0.147 e. The van der Waals surface area contributed by atoms with Crippen molar-refractivity contribution >= 4 is 27.4 Å². The van der Waals surface area contributed by atoms with Gasteiger partial charge in [-0.2, -0.15) is 0 Å². The van der Waals surface area contributed by atoms with Gasteiger partial charge in [-0.05, 0) is 24.3 Å². The van der Waals surface area contributed by atoms with E-state index in [0.29, 0.717) is 12.1 Å². The fraction of sp³-hybridized carbons (Fsp3) is 0.571. The summed E-state index contributed by atoms with van der Waals surface area (Å²) in [5, 5.41) is 5.70. The number of hydrogen-bond acceptors (Lipinski definition) is 5. The van der Waals surface area contributed by atoms with Gasteiger partial charge in [0.15, 0.2) is 0 Å². The van der Waals surface area contributed by atoms with Crippen LogP contribution in [0, 0.1) is 12.3 Å². The number of nitrogens with one attached hydrogen (secondary N) is 1. The van der Waals surface area contributed by atoms with E-state index in [1.165, 1.54) is 5.56 Å². The van der Waals surface area contributed by atoms with Crippen LogP contribution in [-0.2, 0) is 4.74 Å². The van der Waals surface area contributed by atoms with Crippen LogP contribution in [0.25, 0.3) is 10.2 Å². The van der Waals surface area contributed by atoms with Gasteiger partial charge < -0.3 is 10.1 Å². The number of aromatic nitrogens is 2. The van der Waals surface area contributed by atoms with Crippen LogP contribution >= 0.6 is 11.3 Å². The average Bonchev–Trinajstić information content (AvgIpc) is 2.77. The molecule has 2 aromatic rings. The monoisotopic (exact) mass is 277 g/mol. The van der Waals surface area contributed by atoms with Crippen molar-refractivity contribution in [3.63, 3.8) is 0 Å². The highest BCUT2D eigenvalue weighted by atomic mass is 32.1. The lowest BCUT2D eigenvalue weighted by Gasteiger charge is -2.51. The minimum Gasteiger partial charge on any atom is -0.381 e. The molecular formula is C14H19N3OS. The minimum atomic E-state index is 0.137. The lowest BCUT2D eigenvalue weighted by molar-refractivity contribution is -0.0795. The molecule has 0 aromatic carbocycles. The van der Waals surface area contributed by atoms with Crippen molar-refractivity contribution in [2.24, 2.45) is 5.41 Å². The zero-order valence-corrected chi connectivity index (χ0v) is 12.5. The molecule has 0 saturated heterocycles. The van der Waals surface area contributed by atoms with Crippen LogP contribution in [0.1, 0.15) is 25.8 Å². The minimum absolute atomic E-state index is 0.137. The maximum absolute atomic E-state index is 5.49. The smallest absolute Gasteiger partial charge is 0.147 e. The van der Waals surface area contributed by atoms with E-state index >= 15 is 0 Å². The number of methoxy groups -OCH3 is 1. The molecule has 2 aromatic heterocycles. The van der Waals surface area contributed by atoms with Gasteiger partial charge in [-0.3, -0.25) is 0 Å². The number of fused-ring (bicyclic) bond motifs is 1. The molecule has 3 rings (SSSR count). The predicted molar refractivity (Wildman–Crippen MR) is 78.8 cm³/mol. The zero-order valence-electron chi connectivity index (χ0n) is 11.7. The third-order valence-electron chi connectivity index (χ3n) is 4.30. The highest BCUT2D eigenvalue weighted by Crippen LogP contribution is 2.44. The molecule has 5 heteroatoms. The number of ether oxygens (including phenoxy) is 1. The normalized spacial score (nSPS) is 25.3. The van der Waals surface area contributed by atoms with Crippen LogP contribution in [0.15, 0.2) is 11.7 Å². The third kappa shape index (κ3) is 1.92. The Bertz CT molecular complexity index is 608. The molecule has 0 aliphatic heterocycles. The molecule has 2 unspecified atom stereocenters. The van der Waals surface area contributed by atoms with Gasteiger partial charge in [0.2, 0.25) is 0 Å². The van der Waals surface area contributed by atoms with Gasteiger partial charge in [0.1, 0.15) is 12.1 Å². The maximum atomic E-state index is 5.49. The summed E-state index contributed by atoms with van der Waals surface area (Å²) in [6, 6.07) is 0.401. The van der Waals surface area contributed by atoms with Gasteiger partial charge in [0.25, 0.3) is 0 Å². The van der Waals surface area contributed by atoms with E-state index in [1.54, 1.807) is 24.8 Å². The Morgan fingerprint density at radius 2 is 2.21 bits per heavy atom. The number of rotatable bonds is 3. The zero-order chi connectivity index (χ0) is 13.6. The standard InChI is InChI=1S/C14H19N3OS/c1-8-6-19-12-11(8)15-7-16-13(12)17-9-5-10(18-4)14(9,2)3/h6-7,9-10H,5H2,1-4H3,(H,15,16,17). The Morgan fingerprint density at radius 3 is 2.89 bits per heavy atom. The second-order valence-electron chi connectivity index (χ2n) is 5.80. The quantitative estimate of drug-likeness (QED) is 0.935. The van der Waals surface area contributed by atoms with Crippen molar-refractivity contribution in [3.05, 3.63) is 17.3 Å². The van der Waals surface area contributed by atoms with Crippen molar-refractivity contribution in [3.8, 4) is 0 Å². The lowest BCUT2D eigenvalue weighted by atomic mass is 9.64. The Hall–Kier alpha value is -1.20. The van der Waals surface area contributed by atoms with E-state index in [9.17, 15) is 0 Å². The highest BCUT2D eigenvalue weighted by Gasteiger charge is 2.48. The van der Waals surface area contributed by atoms with Crippen LogP contribution in [0.3, 0.4) is 0 Å². The van der Waals surface area contributed by atoms with Crippen molar-refractivity contribution in [1.82, 2.24) is 9.97 Å². The second-order valence-corrected chi connectivity index (χ2v) is 6.68. The molecule has 0 bridgehead atoms. The summed E-state index contributed by atoms with van der Waals surface area (Å²) in [4.78, 5) is 8.76. The van der Waals surface area contributed by atoms with Crippen molar-refractivity contribution in [1.29, 1.82) is 0 Å². The molecule has 1 aliphatic carbocycles. The molecular weight excluding hydrogens is 258 g/mol. The van der Waals surface area contributed by atoms with Crippen LogP contribution in [0.4, 0.5) is 5.82 Å². The predicted octanol–water partition coefficient (Wildman–Crippen LogP) is 3.23. The largest absolute Gasteiger partial charge is 0.381 e. The first-order valence-electron chi connectivity index (χ1n) is 6.52. The van der Waals surface area contributed by atoms with E-state index in [-0.39, 0.29) is 5.41 Å². The van der Waals surface area contributed by atoms with Crippen LogP contribution < -0.4 is 5.32 Å². The van der Waals surface area contributed by atoms with E-state index < -0.39 is 0 Å². The molecule has 0 spiro atoms. The van der Waals surface area contributed by atoms with E-state index in [4.69, 9.17) is 4.74 Å². The summed E-state index contributed by atoms with van der Waals surface area (Å²) in [6.07, 6.45) is 3.00. The van der Waals surface area contributed by atoms with E-state index in [2.05, 4.69) is 41.4 Å². The number of hydrogen-bond donors (Lipinski definition) is 1. The average molecular weight is 277 g/mol. The lowest BCUT2D eigenvalue weighted by Crippen LogP contribution is -2.57. The van der Waals surface area contributed by atoms with Crippen molar-refractivity contribution < 1.29 is 4.74 Å². The number of nitrogens with zero attached hydrogens (tertiary/aromatic N) is 2. The number of thiophene rings is 1. The second kappa shape index (κ2) is 4.42. The van der Waals surface area contributed by atoms with Crippen LogP contribution in [0.2, 0.25) is 0 Å². The molecule has 4 nitrogen and oxygen atoms in total. The highest BCUT2D eigenvalue weighted by molar-refractivity contribution is 7.18. The van der Waals surface area contributed by atoms with Crippen molar-refractivity contribution in [2.45, 2.75) is 39.3 Å². The Kier molecular flexibility index (Phi) is 2.98. The van der Waals surface area contributed by atoms with E-state index in [1.807, 2.05) is 0 Å². The summed E-state index contributed by atoms with van der Waals surface area (Å²) < 4.78 is 6.64. The summed E-state index contributed by atoms with van der Waals surface area (Å²) >= 11 is 1.71. The summed E-state index contributed by atoms with van der Waals surface area (Å²) in [7, 11) is 1.79. The molecule has 0 radical (unpaired) electrons. The van der Waals surface area contributed by atoms with Gasteiger partial charge in [-0.25, -0.2) is 9.97 Å². The van der Waals surface area contributed by atoms with Gasteiger partial charge in [0, 0.05) is 18.6 Å². The first-order valence-corrected chi connectivity index (χ1v) is 7.40. The molecule has 2 heterocycles. The van der Waals surface area contributed by atoms with Gasteiger partial charge in [0.05, 0.1) is 16.3 Å².